The van der Waals surface area contributed by atoms with Gasteiger partial charge in [-0.2, -0.15) is 0 Å². The van der Waals surface area contributed by atoms with Gasteiger partial charge in [-0.1, -0.05) is 49.4 Å². The van der Waals surface area contributed by atoms with Crippen LogP contribution in [0.2, 0.25) is 0 Å². The highest BCUT2D eigenvalue weighted by Gasteiger charge is 2.58. The van der Waals surface area contributed by atoms with Crippen molar-refractivity contribution in [2.24, 2.45) is 17.6 Å². The first-order valence-electron chi connectivity index (χ1n) is 12.7. The molecular formula is C28H33N3O5S. The number of thioether (sulfide) groups is 1. The second-order valence-electron chi connectivity index (χ2n) is 10.0. The number of carbonyl (C=O) groups excluding carboxylic acids is 1. The van der Waals surface area contributed by atoms with Crippen molar-refractivity contribution in [1.82, 2.24) is 10.2 Å². The predicted molar refractivity (Wildman–Crippen MR) is 142 cm³/mol. The van der Waals surface area contributed by atoms with E-state index < -0.39 is 12.1 Å². The predicted octanol–water partition coefficient (Wildman–Crippen LogP) is 2.46. The second kappa shape index (κ2) is 10.6. The number of rotatable bonds is 9. The molecule has 0 radical (unpaired) electrons. The van der Waals surface area contributed by atoms with Gasteiger partial charge in [0.2, 0.25) is 5.91 Å². The summed E-state index contributed by atoms with van der Waals surface area (Å²) in [5.41, 5.74) is 9.92. The zero-order chi connectivity index (χ0) is 26.3. The number of nitrogens with zero attached hydrogens (tertiary/aromatic N) is 1. The number of carboxylic acids is 1. The summed E-state index contributed by atoms with van der Waals surface area (Å²) < 4.78 is 0. The molecule has 2 fully saturated rings. The smallest absolute Gasteiger partial charge is 0.353 e. The Morgan fingerprint density at radius 1 is 1.24 bits per heavy atom. The van der Waals surface area contributed by atoms with Gasteiger partial charge in [0.1, 0.15) is 5.70 Å². The van der Waals surface area contributed by atoms with Crippen molar-refractivity contribution in [3.8, 4) is 11.1 Å². The van der Waals surface area contributed by atoms with E-state index in [-0.39, 0.29) is 47.4 Å². The molecule has 3 aliphatic rings. The molecule has 3 heterocycles. The summed E-state index contributed by atoms with van der Waals surface area (Å²) in [4.78, 5) is 26.8. The summed E-state index contributed by atoms with van der Waals surface area (Å²) in [6.45, 7) is 2.90. The van der Waals surface area contributed by atoms with E-state index in [4.69, 9.17) is 5.73 Å². The average Bonchev–Trinajstić information content (AvgIpc) is 3.48. The monoisotopic (exact) mass is 523 g/mol. The van der Waals surface area contributed by atoms with Crippen molar-refractivity contribution in [1.29, 1.82) is 0 Å². The first-order chi connectivity index (χ1) is 17.8. The molecule has 0 aromatic heterocycles. The highest BCUT2D eigenvalue weighted by atomic mass is 32.2. The number of aliphatic hydroxyl groups is 2. The molecule has 3 aliphatic heterocycles. The fraction of sp³-hybridized carbons (Fsp3) is 0.429. The number of nitrogens with one attached hydrogen (secondary N) is 1. The molecule has 1 amide bonds. The minimum Gasteiger partial charge on any atom is -0.477 e. The number of β-lactam (4-membered cyclic amide) rings is 1. The molecule has 1 unspecified atom stereocenters. The van der Waals surface area contributed by atoms with Gasteiger partial charge in [0.05, 0.1) is 18.1 Å². The molecule has 2 aromatic rings. The van der Waals surface area contributed by atoms with Crippen LogP contribution in [0.1, 0.15) is 37.0 Å². The summed E-state index contributed by atoms with van der Waals surface area (Å²) in [7, 11) is 0. The Hall–Kier alpha value is -2.69. The molecule has 9 heteroatoms. The van der Waals surface area contributed by atoms with E-state index in [2.05, 4.69) is 5.32 Å². The van der Waals surface area contributed by atoms with Crippen molar-refractivity contribution in [3.05, 3.63) is 70.3 Å². The average molecular weight is 524 g/mol. The minimum absolute atomic E-state index is 0.0634. The normalized spacial score (nSPS) is 27.8. The number of hydrogen-bond donors (Lipinski definition) is 5. The lowest BCUT2D eigenvalue weighted by molar-refractivity contribution is -0.157. The van der Waals surface area contributed by atoms with E-state index in [0.29, 0.717) is 30.8 Å². The molecular weight excluding hydrogens is 490 g/mol. The van der Waals surface area contributed by atoms with Gasteiger partial charge in [-0.15, -0.1) is 11.8 Å². The van der Waals surface area contributed by atoms with E-state index >= 15 is 0 Å². The van der Waals surface area contributed by atoms with Crippen LogP contribution in [0.25, 0.3) is 11.1 Å². The summed E-state index contributed by atoms with van der Waals surface area (Å²) in [5.74, 6) is -1.75. The summed E-state index contributed by atoms with van der Waals surface area (Å²) >= 11 is 1.50. The number of benzene rings is 2. The summed E-state index contributed by atoms with van der Waals surface area (Å²) in [6.07, 6.45) is 0.277. The summed E-state index contributed by atoms with van der Waals surface area (Å²) in [5, 5.41) is 34.0. The molecule has 0 bridgehead atoms. The lowest BCUT2D eigenvalue weighted by Gasteiger charge is -2.45. The number of aliphatic carboxylic acids is 1. The Morgan fingerprint density at radius 3 is 2.68 bits per heavy atom. The molecule has 0 spiro atoms. The lowest BCUT2D eigenvalue weighted by atomic mass is 9.80. The van der Waals surface area contributed by atoms with Crippen LogP contribution in [-0.2, 0) is 16.1 Å². The van der Waals surface area contributed by atoms with Crippen LogP contribution in [0.4, 0.5) is 0 Å². The standard InChI is InChI=1S/C28H33N3O5S/c1-15-23-20(9-10-32)27(34)31(23)24(28(35)36)26(15)37-19-12-22(30-14-19)25(33)17-7-8-18(13-29)21(11-17)16-5-3-2-4-6-16/h2-8,11,15,19-20,22-23,25,30,32-33H,9-10,12-14,29H2,1H3,(H,35,36)/t15-,19+,20+,22+,23-,25?/m1/s1. The van der Waals surface area contributed by atoms with Crippen LogP contribution in [0.5, 0.6) is 0 Å². The van der Waals surface area contributed by atoms with Crippen LogP contribution in [0.15, 0.2) is 59.1 Å². The fourth-order valence-electron chi connectivity index (χ4n) is 6.01. The van der Waals surface area contributed by atoms with Crippen molar-refractivity contribution in [2.45, 2.75) is 49.7 Å². The highest BCUT2D eigenvalue weighted by molar-refractivity contribution is 8.03. The molecule has 8 nitrogen and oxygen atoms in total. The molecule has 5 rings (SSSR count). The van der Waals surface area contributed by atoms with Crippen molar-refractivity contribution in [3.63, 3.8) is 0 Å². The van der Waals surface area contributed by atoms with Crippen molar-refractivity contribution >= 4 is 23.6 Å². The Balaban J connectivity index is 1.31. The first-order valence-corrected chi connectivity index (χ1v) is 13.6. The zero-order valence-electron chi connectivity index (χ0n) is 20.7. The van der Waals surface area contributed by atoms with Crippen molar-refractivity contribution < 1.29 is 24.9 Å². The van der Waals surface area contributed by atoms with Crippen LogP contribution in [0, 0.1) is 11.8 Å². The van der Waals surface area contributed by atoms with E-state index in [1.165, 1.54) is 16.7 Å². The molecule has 6 atom stereocenters. The van der Waals surface area contributed by atoms with Gasteiger partial charge in [0, 0.05) is 41.8 Å². The van der Waals surface area contributed by atoms with Crippen LogP contribution >= 0.6 is 11.8 Å². The first kappa shape index (κ1) is 25.9. The molecule has 0 aliphatic carbocycles. The Bertz CT molecular complexity index is 1220. The van der Waals surface area contributed by atoms with Gasteiger partial charge in [-0.25, -0.2) is 4.79 Å². The van der Waals surface area contributed by atoms with Gasteiger partial charge in [-0.3, -0.25) is 4.79 Å². The largest absolute Gasteiger partial charge is 0.477 e. The molecule has 37 heavy (non-hydrogen) atoms. The Labute approximate surface area is 220 Å². The van der Waals surface area contributed by atoms with Gasteiger partial charge in [0.15, 0.2) is 0 Å². The molecule has 2 aromatic carbocycles. The van der Waals surface area contributed by atoms with E-state index in [1.54, 1.807) is 0 Å². The van der Waals surface area contributed by atoms with Crippen LogP contribution < -0.4 is 11.1 Å². The van der Waals surface area contributed by atoms with Gasteiger partial charge < -0.3 is 31.3 Å². The topological polar surface area (TPSA) is 136 Å². The SMILES string of the molecule is C[C@H]1C(S[C@@H]2CN[C@H](C(O)c3ccc(CN)c(-c4ccccc4)c3)C2)=C(C(=O)O)N2C(=O)[C@@H](CCO)[C@@H]12. The number of fused-ring (bicyclic) bond motifs is 1. The van der Waals surface area contributed by atoms with Crippen LogP contribution in [-0.4, -0.2) is 62.6 Å². The number of carbonyl (C=O) groups is 2. The lowest BCUT2D eigenvalue weighted by Crippen LogP contribution is -2.60. The third kappa shape index (κ3) is 4.59. The maximum atomic E-state index is 12.6. The summed E-state index contributed by atoms with van der Waals surface area (Å²) in [6, 6.07) is 15.5. The minimum atomic E-state index is -1.09. The second-order valence-corrected chi connectivity index (χ2v) is 11.4. The number of aliphatic hydroxyl groups excluding tert-OH is 2. The van der Waals surface area contributed by atoms with E-state index in [9.17, 15) is 24.9 Å². The maximum absolute atomic E-state index is 12.6. The number of nitrogens with two attached hydrogens (primary N) is 1. The van der Waals surface area contributed by atoms with Crippen molar-refractivity contribution in [2.75, 3.05) is 13.2 Å². The Morgan fingerprint density at radius 2 is 2.00 bits per heavy atom. The van der Waals surface area contributed by atoms with Gasteiger partial charge in [0.25, 0.3) is 0 Å². The quantitative estimate of drug-likeness (QED) is 0.316. The fourth-order valence-corrected chi connectivity index (χ4v) is 7.51. The molecule has 196 valence electrons. The molecule has 2 saturated heterocycles. The number of carboxylic acid groups (broad SMARTS) is 1. The van der Waals surface area contributed by atoms with Crippen LogP contribution in [0.3, 0.4) is 0 Å². The zero-order valence-corrected chi connectivity index (χ0v) is 21.5. The maximum Gasteiger partial charge on any atom is 0.353 e. The van der Waals surface area contributed by atoms with Gasteiger partial charge >= 0.3 is 5.97 Å². The van der Waals surface area contributed by atoms with E-state index in [0.717, 1.165) is 22.3 Å². The third-order valence-corrected chi connectivity index (χ3v) is 9.40. The highest BCUT2D eigenvalue weighted by Crippen LogP contribution is 2.52. The van der Waals surface area contributed by atoms with E-state index in [1.807, 2.05) is 55.5 Å². The number of hydrogen-bond acceptors (Lipinski definition) is 7. The third-order valence-electron chi connectivity index (χ3n) is 7.89. The molecule has 0 saturated carbocycles. The van der Waals surface area contributed by atoms with Gasteiger partial charge in [-0.05, 0) is 41.2 Å². The molecule has 6 N–H and O–H groups in total. The number of amides is 1. The Kier molecular flexibility index (Phi) is 7.42.